The number of hydrogen-bond donors (Lipinski definition) is 1. The van der Waals surface area contributed by atoms with Crippen molar-refractivity contribution in [3.63, 3.8) is 0 Å². The van der Waals surface area contributed by atoms with Gasteiger partial charge in [0.1, 0.15) is 11.8 Å². The standard InChI is InChI=1S/C21H24BrNO5/c1-26-17-12-19(28-3)18(27-2)11-14(17)20(13-7-4-5-8-15(13)22)23-10-6-9-16(23)21(24)25/h4-5,7-8,11-12,16,20H,6,9-10H2,1-3H3,(H,24,25). The normalized spacial score (nSPS) is 17.9. The van der Waals surface area contributed by atoms with Crippen molar-refractivity contribution >= 4 is 21.9 Å². The number of carbonyl (C=O) groups is 1. The summed E-state index contributed by atoms with van der Waals surface area (Å²) in [6.45, 7) is 0.681. The van der Waals surface area contributed by atoms with Gasteiger partial charge in [-0.2, -0.15) is 0 Å². The second kappa shape index (κ2) is 8.84. The molecule has 2 aromatic carbocycles. The summed E-state index contributed by atoms with van der Waals surface area (Å²) in [6, 6.07) is 10.6. The molecule has 0 aliphatic carbocycles. The number of rotatable bonds is 7. The SMILES string of the molecule is COc1cc(OC)c(C(c2ccccc2Br)N2CCCC2C(=O)O)cc1OC. The molecule has 1 fully saturated rings. The number of benzene rings is 2. The van der Waals surface area contributed by atoms with Crippen LogP contribution in [0.25, 0.3) is 0 Å². The Hall–Kier alpha value is -2.25. The van der Waals surface area contributed by atoms with Gasteiger partial charge in [0, 0.05) is 22.6 Å². The number of halogens is 1. The first-order chi connectivity index (χ1) is 13.5. The molecule has 0 spiro atoms. The molecule has 7 heteroatoms. The van der Waals surface area contributed by atoms with Crippen molar-refractivity contribution in [1.29, 1.82) is 0 Å². The highest BCUT2D eigenvalue weighted by molar-refractivity contribution is 9.10. The summed E-state index contributed by atoms with van der Waals surface area (Å²) >= 11 is 3.64. The molecule has 28 heavy (non-hydrogen) atoms. The lowest BCUT2D eigenvalue weighted by atomic mass is 9.94. The minimum atomic E-state index is -0.811. The summed E-state index contributed by atoms with van der Waals surface area (Å²) in [7, 11) is 4.75. The lowest BCUT2D eigenvalue weighted by Gasteiger charge is -2.33. The Balaban J connectivity index is 2.23. The van der Waals surface area contributed by atoms with Crippen molar-refractivity contribution in [3.05, 3.63) is 52.0 Å². The van der Waals surface area contributed by atoms with Gasteiger partial charge < -0.3 is 19.3 Å². The third-order valence-corrected chi connectivity index (χ3v) is 5.86. The van der Waals surface area contributed by atoms with Crippen LogP contribution in [0.4, 0.5) is 0 Å². The predicted octanol–water partition coefficient (Wildman–Crippen LogP) is 4.11. The fourth-order valence-electron chi connectivity index (χ4n) is 3.85. The summed E-state index contributed by atoms with van der Waals surface area (Å²) in [6.07, 6.45) is 1.44. The van der Waals surface area contributed by atoms with Crippen LogP contribution in [-0.4, -0.2) is 49.9 Å². The number of likely N-dealkylation sites (tertiary alicyclic amines) is 1. The lowest BCUT2D eigenvalue weighted by Crippen LogP contribution is -2.39. The summed E-state index contributed by atoms with van der Waals surface area (Å²) in [5, 5.41) is 9.78. The third-order valence-electron chi connectivity index (χ3n) is 5.14. The zero-order chi connectivity index (χ0) is 20.3. The Kier molecular flexibility index (Phi) is 6.46. The minimum Gasteiger partial charge on any atom is -0.496 e. The van der Waals surface area contributed by atoms with Crippen LogP contribution < -0.4 is 14.2 Å². The number of carboxylic acids is 1. The van der Waals surface area contributed by atoms with E-state index in [1.807, 2.05) is 35.2 Å². The van der Waals surface area contributed by atoms with Crippen LogP contribution in [0.15, 0.2) is 40.9 Å². The summed E-state index contributed by atoms with van der Waals surface area (Å²) < 4.78 is 17.5. The molecular formula is C21H24BrNO5. The quantitative estimate of drug-likeness (QED) is 0.685. The highest BCUT2D eigenvalue weighted by atomic mass is 79.9. The number of aliphatic carboxylic acids is 1. The van der Waals surface area contributed by atoms with Crippen LogP contribution in [0.3, 0.4) is 0 Å². The van der Waals surface area contributed by atoms with Crippen molar-refractivity contribution in [3.8, 4) is 17.2 Å². The van der Waals surface area contributed by atoms with Crippen molar-refractivity contribution in [2.45, 2.75) is 24.9 Å². The maximum absolute atomic E-state index is 11.9. The molecule has 1 aliphatic heterocycles. The van der Waals surface area contributed by atoms with Gasteiger partial charge in [0.25, 0.3) is 0 Å². The molecule has 1 aliphatic rings. The van der Waals surface area contributed by atoms with E-state index in [0.717, 1.165) is 22.0 Å². The molecule has 1 N–H and O–H groups in total. The van der Waals surface area contributed by atoms with E-state index >= 15 is 0 Å². The first kappa shape index (κ1) is 20.5. The van der Waals surface area contributed by atoms with Crippen molar-refractivity contribution in [1.82, 2.24) is 4.90 Å². The maximum Gasteiger partial charge on any atom is 0.320 e. The number of nitrogens with zero attached hydrogens (tertiary/aromatic N) is 1. The van der Waals surface area contributed by atoms with Crippen LogP contribution >= 0.6 is 15.9 Å². The molecule has 0 aromatic heterocycles. The van der Waals surface area contributed by atoms with Crippen LogP contribution in [0.5, 0.6) is 17.2 Å². The minimum absolute atomic E-state index is 0.311. The zero-order valence-electron chi connectivity index (χ0n) is 16.1. The molecule has 2 atom stereocenters. The van der Waals surface area contributed by atoms with E-state index in [2.05, 4.69) is 15.9 Å². The molecule has 1 saturated heterocycles. The molecule has 0 bridgehead atoms. The van der Waals surface area contributed by atoms with Crippen LogP contribution in [0, 0.1) is 0 Å². The summed E-state index contributed by atoms with van der Waals surface area (Å²) in [4.78, 5) is 13.9. The van der Waals surface area contributed by atoms with Gasteiger partial charge in [0.05, 0.1) is 27.4 Å². The Bertz CT molecular complexity index is 857. The zero-order valence-corrected chi connectivity index (χ0v) is 17.7. The molecule has 0 amide bonds. The van der Waals surface area contributed by atoms with Crippen molar-refractivity contribution < 1.29 is 24.1 Å². The second-order valence-corrected chi connectivity index (χ2v) is 7.46. The van der Waals surface area contributed by atoms with Crippen molar-refractivity contribution in [2.24, 2.45) is 0 Å². The molecule has 0 radical (unpaired) electrons. The topological polar surface area (TPSA) is 68.2 Å². The van der Waals surface area contributed by atoms with E-state index < -0.39 is 12.0 Å². The van der Waals surface area contributed by atoms with Crippen LogP contribution in [0.2, 0.25) is 0 Å². The average Bonchev–Trinajstić information content (AvgIpc) is 3.19. The second-order valence-electron chi connectivity index (χ2n) is 6.61. The van der Waals surface area contributed by atoms with E-state index in [-0.39, 0.29) is 6.04 Å². The fourth-order valence-corrected chi connectivity index (χ4v) is 4.35. The average molecular weight is 450 g/mol. The molecular weight excluding hydrogens is 426 g/mol. The fraction of sp³-hybridized carbons (Fsp3) is 0.381. The van der Waals surface area contributed by atoms with Gasteiger partial charge >= 0.3 is 5.97 Å². The smallest absolute Gasteiger partial charge is 0.320 e. The first-order valence-electron chi connectivity index (χ1n) is 9.04. The monoisotopic (exact) mass is 449 g/mol. The van der Waals surface area contributed by atoms with Gasteiger partial charge in [-0.05, 0) is 30.5 Å². The van der Waals surface area contributed by atoms with Gasteiger partial charge in [0.2, 0.25) is 0 Å². The van der Waals surface area contributed by atoms with E-state index in [1.54, 1.807) is 27.4 Å². The number of methoxy groups -OCH3 is 3. The molecule has 0 saturated carbocycles. The summed E-state index contributed by atoms with van der Waals surface area (Å²) in [5.41, 5.74) is 1.81. The lowest BCUT2D eigenvalue weighted by molar-refractivity contribution is -0.142. The maximum atomic E-state index is 11.9. The molecule has 150 valence electrons. The number of ether oxygens (including phenoxy) is 3. The number of hydrogen-bond acceptors (Lipinski definition) is 5. The Morgan fingerprint density at radius 2 is 1.71 bits per heavy atom. The molecule has 2 unspecified atom stereocenters. The van der Waals surface area contributed by atoms with E-state index in [0.29, 0.717) is 30.2 Å². The van der Waals surface area contributed by atoms with E-state index in [4.69, 9.17) is 14.2 Å². The van der Waals surface area contributed by atoms with Crippen LogP contribution in [-0.2, 0) is 4.79 Å². The molecule has 6 nitrogen and oxygen atoms in total. The first-order valence-corrected chi connectivity index (χ1v) is 9.84. The Labute approximate surface area is 173 Å². The highest BCUT2D eigenvalue weighted by Gasteiger charge is 2.39. The van der Waals surface area contributed by atoms with Crippen LogP contribution in [0.1, 0.15) is 30.0 Å². The van der Waals surface area contributed by atoms with Gasteiger partial charge in [-0.25, -0.2) is 0 Å². The van der Waals surface area contributed by atoms with Gasteiger partial charge in [-0.3, -0.25) is 9.69 Å². The number of carboxylic acid groups (broad SMARTS) is 1. The largest absolute Gasteiger partial charge is 0.496 e. The molecule has 3 rings (SSSR count). The Morgan fingerprint density at radius 3 is 2.32 bits per heavy atom. The predicted molar refractivity (Wildman–Crippen MR) is 109 cm³/mol. The Morgan fingerprint density at radius 1 is 1.07 bits per heavy atom. The molecule has 2 aromatic rings. The molecule has 1 heterocycles. The highest BCUT2D eigenvalue weighted by Crippen LogP contribution is 2.45. The third kappa shape index (κ3) is 3.82. The summed E-state index contributed by atoms with van der Waals surface area (Å²) in [5.74, 6) is 0.940. The van der Waals surface area contributed by atoms with Gasteiger partial charge in [-0.15, -0.1) is 0 Å². The van der Waals surface area contributed by atoms with E-state index in [9.17, 15) is 9.90 Å². The van der Waals surface area contributed by atoms with Gasteiger partial charge in [0.15, 0.2) is 11.5 Å². The van der Waals surface area contributed by atoms with E-state index in [1.165, 1.54) is 0 Å². The van der Waals surface area contributed by atoms with Gasteiger partial charge in [-0.1, -0.05) is 34.1 Å². The van der Waals surface area contributed by atoms with Crippen molar-refractivity contribution in [2.75, 3.05) is 27.9 Å².